The van der Waals surface area contributed by atoms with Crippen LogP contribution in [0.1, 0.15) is 55.5 Å². The van der Waals surface area contributed by atoms with Gasteiger partial charge in [0.25, 0.3) is 0 Å². The second-order valence-corrected chi connectivity index (χ2v) is 7.22. The number of rotatable bonds is 8. The first-order chi connectivity index (χ1) is 14.1. The molecule has 3 rings (SSSR count). The first-order valence-corrected chi connectivity index (χ1v) is 10.1. The molecule has 0 saturated heterocycles. The van der Waals surface area contributed by atoms with Gasteiger partial charge >= 0.3 is 0 Å². The van der Waals surface area contributed by atoms with E-state index in [-0.39, 0.29) is 30.4 Å². The van der Waals surface area contributed by atoms with Crippen LogP contribution >= 0.6 is 0 Å². The predicted octanol–water partition coefficient (Wildman–Crippen LogP) is 4.23. The molecule has 0 aliphatic carbocycles. The van der Waals surface area contributed by atoms with Crippen molar-refractivity contribution in [2.24, 2.45) is 0 Å². The van der Waals surface area contributed by atoms with E-state index in [1.165, 1.54) is 6.92 Å². The molecule has 5 nitrogen and oxygen atoms in total. The van der Waals surface area contributed by atoms with Crippen LogP contribution in [0.5, 0.6) is 0 Å². The fraction of sp³-hybridized carbons (Fsp3) is 0.333. The lowest BCUT2D eigenvalue weighted by atomic mass is 9.93. The van der Waals surface area contributed by atoms with Gasteiger partial charge in [0.1, 0.15) is 0 Å². The maximum absolute atomic E-state index is 12.5. The second-order valence-electron chi connectivity index (χ2n) is 7.22. The highest BCUT2D eigenvalue weighted by Crippen LogP contribution is 2.32. The van der Waals surface area contributed by atoms with Crippen LogP contribution in [0.15, 0.2) is 60.8 Å². The molecule has 2 atom stereocenters. The topological polar surface area (TPSA) is 58.6 Å². The SMILES string of the molecule is CC(=O)N1C=Cc2ccccc2[C@H]1CC(=O)NCCCO[C@@H](C)c1ccccc1. The van der Waals surface area contributed by atoms with E-state index in [1.54, 1.807) is 11.1 Å². The summed E-state index contributed by atoms with van der Waals surface area (Å²) in [7, 11) is 0. The molecule has 1 aliphatic rings. The van der Waals surface area contributed by atoms with Crippen molar-refractivity contribution in [1.29, 1.82) is 0 Å². The highest BCUT2D eigenvalue weighted by Gasteiger charge is 2.27. The molecular weight excluding hydrogens is 364 g/mol. The highest BCUT2D eigenvalue weighted by molar-refractivity contribution is 5.81. The normalized spacial score (nSPS) is 16.2. The molecule has 0 unspecified atom stereocenters. The van der Waals surface area contributed by atoms with Gasteiger partial charge in [0, 0.05) is 26.3 Å². The van der Waals surface area contributed by atoms with E-state index in [1.807, 2.05) is 67.6 Å². The van der Waals surface area contributed by atoms with E-state index in [0.717, 1.165) is 23.1 Å². The van der Waals surface area contributed by atoms with E-state index >= 15 is 0 Å². The number of amides is 2. The Morgan fingerprint density at radius 3 is 2.59 bits per heavy atom. The van der Waals surface area contributed by atoms with Crippen LogP contribution in [0.2, 0.25) is 0 Å². The fourth-order valence-electron chi connectivity index (χ4n) is 3.54. The van der Waals surface area contributed by atoms with E-state index in [9.17, 15) is 9.59 Å². The lowest BCUT2D eigenvalue weighted by Gasteiger charge is -2.32. The number of nitrogens with one attached hydrogen (secondary N) is 1. The average Bonchev–Trinajstić information content (AvgIpc) is 2.74. The number of fused-ring (bicyclic) bond motifs is 1. The van der Waals surface area contributed by atoms with E-state index < -0.39 is 0 Å². The third-order valence-corrected chi connectivity index (χ3v) is 5.13. The Hall–Kier alpha value is -2.92. The molecule has 2 aromatic rings. The number of carbonyl (C=O) groups is 2. The minimum absolute atomic E-state index is 0.0292. The van der Waals surface area contributed by atoms with Gasteiger partial charge in [-0.05, 0) is 36.1 Å². The number of hydrogen-bond donors (Lipinski definition) is 1. The molecule has 0 radical (unpaired) electrons. The average molecular weight is 392 g/mol. The predicted molar refractivity (Wildman–Crippen MR) is 114 cm³/mol. The molecule has 0 bridgehead atoms. The summed E-state index contributed by atoms with van der Waals surface area (Å²) in [6.07, 6.45) is 4.68. The molecule has 2 aromatic carbocycles. The number of carbonyl (C=O) groups excluding carboxylic acids is 2. The van der Waals surface area contributed by atoms with Crippen molar-refractivity contribution in [3.63, 3.8) is 0 Å². The van der Waals surface area contributed by atoms with Crippen LogP contribution in [0, 0.1) is 0 Å². The second kappa shape index (κ2) is 10.0. The van der Waals surface area contributed by atoms with Crippen LogP contribution in [-0.2, 0) is 14.3 Å². The first-order valence-electron chi connectivity index (χ1n) is 10.1. The van der Waals surface area contributed by atoms with Gasteiger partial charge in [0.15, 0.2) is 0 Å². The van der Waals surface area contributed by atoms with Crippen LogP contribution in [0.3, 0.4) is 0 Å². The molecule has 1 N–H and O–H groups in total. The molecule has 5 heteroatoms. The van der Waals surface area contributed by atoms with Crippen LogP contribution < -0.4 is 5.32 Å². The molecule has 0 spiro atoms. The van der Waals surface area contributed by atoms with Crippen LogP contribution in [0.25, 0.3) is 6.08 Å². The third-order valence-electron chi connectivity index (χ3n) is 5.13. The van der Waals surface area contributed by atoms with Gasteiger partial charge in [-0.15, -0.1) is 0 Å². The van der Waals surface area contributed by atoms with E-state index in [4.69, 9.17) is 4.74 Å². The Morgan fingerprint density at radius 2 is 1.83 bits per heavy atom. The molecule has 1 heterocycles. The first kappa shape index (κ1) is 20.8. The minimum atomic E-state index is -0.275. The minimum Gasteiger partial charge on any atom is -0.374 e. The Morgan fingerprint density at radius 1 is 1.10 bits per heavy atom. The summed E-state index contributed by atoms with van der Waals surface area (Å²) in [6, 6.07) is 17.7. The zero-order valence-corrected chi connectivity index (χ0v) is 17.0. The third kappa shape index (κ3) is 5.55. The summed E-state index contributed by atoms with van der Waals surface area (Å²) in [6.45, 7) is 4.67. The van der Waals surface area contributed by atoms with E-state index in [0.29, 0.717) is 13.2 Å². The number of benzene rings is 2. The van der Waals surface area contributed by atoms with Gasteiger partial charge in [0.05, 0.1) is 18.6 Å². The summed E-state index contributed by atoms with van der Waals surface area (Å²) < 4.78 is 5.84. The lowest BCUT2D eigenvalue weighted by molar-refractivity contribution is -0.129. The Kier molecular flexibility index (Phi) is 7.19. The number of ether oxygens (including phenoxy) is 1. The summed E-state index contributed by atoms with van der Waals surface area (Å²) in [5, 5.41) is 2.95. The Balaban J connectivity index is 1.46. The fourth-order valence-corrected chi connectivity index (χ4v) is 3.54. The van der Waals surface area contributed by atoms with Crippen molar-refractivity contribution in [2.45, 2.75) is 38.8 Å². The molecule has 1 aliphatic heterocycles. The van der Waals surface area contributed by atoms with Gasteiger partial charge in [-0.25, -0.2) is 0 Å². The van der Waals surface area contributed by atoms with E-state index in [2.05, 4.69) is 5.32 Å². The molecule has 152 valence electrons. The maximum atomic E-state index is 12.5. The number of hydrogen-bond acceptors (Lipinski definition) is 3. The molecule has 2 amide bonds. The van der Waals surface area contributed by atoms with Crippen LogP contribution in [0.4, 0.5) is 0 Å². The molecule has 0 aromatic heterocycles. The molecule has 0 fully saturated rings. The number of nitrogens with zero attached hydrogens (tertiary/aromatic N) is 1. The molecule has 29 heavy (non-hydrogen) atoms. The highest BCUT2D eigenvalue weighted by atomic mass is 16.5. The summed E-state index contributed by atoms with van der Waals surface area (Å²) >= 11 is 0. The van der Waals surface area contributed by atoms with Crippen molar-refractivity contribution in [2.75, 3.05) is 13.2 Å². The zero-order valence-electron chi connectivity index (χ0n) is 17.0. The van der Waals surface area contributed by atoms with Gasteiger partial charge in [-0.3, -0.25) is 9.59 Å². The quantitative estimate of drug-likeness (QED) is 0.684. The summed E-state index contributed by atoms with van der Waals surface area (Å²) in [5.74, 6) is -0.140. The van der Waals surface area contributed by atoms with Gasteiger partial charge in [0.2, 0.25) is 11.8 Å². The van der Waals surface area contributed by atoms with Gasteiger partial charge < -0.3 is 15.0 Å². The lowest BCUT2D eigenvalue weighted by Crippen LogP contribution is -2.35. The van der Waals surface area contributed by atoms with Crippen molar-refractivity contribution >= 4 is 17.9 Å². The Bertz CT molecular complexity index is 863. The Labute approximate surface area is 172 Å². The van der Waals surface area contributed by atoms with Gasteiger partial charge in [-0.2, -0.15) is 0 Å². The van der Waals surface area contributed by atoms with Crippen molar-refractivity contribution in [3.8, 4) is 0 Å². The van der Waals surface area contributed by atoms with Gasteiger partial charge in [-0.1, -0.05) is 54.6 Å². The zero-order chi connectivity index (χ0) is 20.6. The van der Waals surface area contributed by atoms with Crippen molar-refractivity contribution in [3.05, 3.63) is 77.5 Å². The molecular formula is C24H28N2O3. The summed E-state index contributed by atoms with van der Waals surface area (Å²) in [4.78, 5) is 26.1. The van der Waals surface area contributed by atoms with Crippen LogP contribution in [-0.4, -0.2) is 29.9 Å². The molecule has 0 saturated carbocycles. The maximum Gasteiger partial charge on any atom is 0.223 e. The van der Waals surface area contributed by atoms with Crippen molar-refractivity contribution in [1.82, 2.24) is 10.2 Å². The standard InChI is InChI=1S/C24H28N2O3/c1-18(20-9-4-3-5-10-20)29-16-8-14-25-24(28)17-23-22-12-7-6-11-21(22)13-15-26(23)19(2)27/h3-7,9-13,15,18,23H,8,14,16-17H2,1-2H3,(H,25,28)/t18-,23+/m0/s1. The summed E-state index contributed by atoms with van der Waals surface area (Å²) in [5.41, 5.74) is 3.19. The monoisotopic (exact) mass is 392 g/mol. The smallest absolute Gasteiger partial charge is 0.223 e. The van der Waals surface area contributed by atoms with Crippen molar-refractivity contribution < 1.29 is 14.3 Å². The largest absolute Gasteiger partial charge is 0.374 e.